The van der Waals surface area contributed by atoms with E-state index >= 15 is 0 Å². The maximum atomic E-state index is 10.8. The number of aromatic amines is 1. The van der Waals surface area contributed by atoms with Crippen LogP contribution < -0.4 is 0 Å². The second-order valence-corrected chi connectivity index (χ2v) is 3.63. The van der Waals surface area contributed by atoms with Gasteiger partial charge in [-0.3, -0.25) is 4.79 Å². The van der Waals surface area contributed by atoms with Crippen LogP contribution in [0, 0.1) is 0 Å². The number of amides is 1. The van der Waals surface area contributed by atoms with Gasteiger partial charge in [-0.25, -0.2) is 4.98 Å². The van der Waals surface area contributed by atoms with Crippen LogP contribution in [0.25, 0.3) is 0 Å². The van der Waals surface area contributed by atoms with Gasteiger partial charge in [-0.15, -0.1) is 0 Å². The number of hydrogen-bond acceptors (Lipinski definition) is 2. The maximum Gasteiger partial charge on any atom is 0.210 e. The Morgan fingerprint density at radius 3 is 3.29 bits per heavy atom. The summed E-state index contributed by atoms with van der Waals surface area (Å²) >= 11 is 0. The van der Waals surface area contributed by atoms with E-state index in [2.05, 4.69) is 16.9 Å². The van der Waals surface area contributed by atoms with Crippen molar-refractivity contribution in [3.05, 3.63) is 17.7 Å². The van der Waals surface area contributed by atoms with E-state index in [1.165, 1.54) is 0 Å². The average Bonchev–Trinajstić information content (AvgIpc) is 2.85. The van der Waals surface area contributed by atoms with Crippen molar-refractivity contribution in [1.29, 1.82) is 0 Å². The fourth-order valence-electron chi connectivity index (χ4n) is 1.94. The van der Waals surface area contributed by atoms with E-state index in [1.54, 1.807) is 0 Å². The number of aryl methyl sites for hydroxylation is 1. The van der Waals surface area contributed by atoms with Crippen molar-refractivity contribution < 1.29 is 4.79 Å². The van der Waals surface area contributed by atoms with Gasteiger partial charge in [0.15, 0.2) is 0 Å². The van der Waals surface area contributed by atoms with Gasteiger partial charge in [0, 0.05) is 12.7 Å². The maximum absolute atomic E-state index is 10.8. The zero-order valence-electron chi connectivity index (χ0n) is 8.36. The molecule has 1 amide bonds. The van der Waals surface area contributed by atoms with Crippen LogP contribution in [-0.4, -0.2) is 27.8 Å². The van der Waals surface area contributed by atoms with Crippen molar-refractivity contribution in [2.75, 3.05) is 6.54 Å². The lowest BCUT2D eigenvalue weighted by Crippen LogP contribution is -2.22. The third kappa shape index (κ3) is 1.52. The number of H-pyrrole nitrogens is 1. The van der Waals surface area contributed by atoms with Crippen LogP contribution in [0.5, 0.6) is 0 Å². The molecule has 1 atom stereocenters. The average molecular weight is 193 g/mol. The Hall–Kier alpha value is -1.32. The summed E-state index contributed by atoms with van der Waals surface area (Å²) in [5, 5.41) is 0. The van der Waals surface area contributed by atoms with Crippen LogP contribution in [0.3, 0.4) is 0 Å². The quantitative estimate of drug-likeness (QED) is 0.735. The van der Waals surface area contributed by atoms with Crippen molar-refractivity contribution in [3.8, 4) is 0 Å². The van der Waals surface area contributed by atoms with Crippen LogP contribution >= 0.6 is 0 Å². The predicted molar refractivity (Wildman–Crippen MR) is 52.7 cm³/mol. The first-order valence-corrected chi connectivity index (χ1v) is 5.10. The smallest absolute Gasteiger partial charge is 0.210 e. The molecule has 1 aliphatic heterocycles. The number of nitrogens with one attached hydrogen (secondary N) is 1. The molecule has 1 fully saturated rings. The van der Waals surface area contributed by atoms with E-state index in [0.717, 1.165) is 43.7 Å². The van der Waals surface area contributed by atoms with E-state index in [4.69, 9.17) is 0 Å². The lowest BCUT2D eigenvalue weighted by Gasteiger charge is -2.17. The number of aromatic nitrogens is 2. The SMILES string of the molecule is CCc1c[nH]c(C2CCCN2C=O)n1. The third-order valence-electron chi connectivity index (χ3n) is 2.76. The Kier molecular flexibility index (Phi) is 2.52. The largest absolute Gasteiger partial charge is 0.347 e. The molecule has 0 bridgehead atoms. The first-order chi connectivity index (χ1) is 6.85. The standard InChI is InChI=1S/C10H15N3O/c1-2-8-6-11-10(12-8)9-4-3-5-13(9)7-14/h6-7,9H,2-5H2,1H3,(H,11,12). The second kappa shape index (κ2) is 3.82. The summed E-state index contributed by atoms with van der Waals surface area (Å²) in [6.45, 7) is 2.93. The summed E-state index contributed by atoms with van der Waals surface area (Å²) in [5.41, 5.74) is 1.07. The number of likely N-dealkylation sites (tertiary alicyclic amines) is 1. The molecule has 1 aromatic heterocycles. The van der Waals surface area contributed by atoms with Gasteiger partial charge in [-0.2, -0.15) is 0 Å². The molecule has 1 saturated heterocycles. The lowest BCUT2D eigenvalue weighted by molar-refractivity contribution is -0.119. The molecule has 0 aliphatic carbocycles. The van der Waals surface area contributed by atoms with Crippen molar-refractivity contribution in [2.24, 2.45) is 0 Å². The second-order valence-electron chi connectivity index (χ2n) is 3.63. The first kappa shape index (κ1) is 9.24. The summed E-state index contributed by atoms with van der Waals surface area (Å²) in [6.07, 6.45) is 5.88. The molecular formula is C10H15N3O. The van der Waals surface area contributed by atoms with Gasteiger partial charge in [-0.1, -0.05) is 6.92 Å². The highest BCUT2D eigenvalue weighted by molar-refractivity contribution is 5.48. The Morgan fingerprint density at radius 2 is 2.64 bits per heavy atom. The molecule has 0 saturated carbocycles. The van der Waals surface area contributed by atoms with Gasteiger partial charge in [0.25, 0.3) is 0 Å². The molecule has 1 unspecified atom stereocenters. The Balaban J connectivity index is 2.17. The van der Waals surface area contributed by atoms with Crippen molar-refractivity contribution >= 4 is 6.41 Å². The number of carbonyl (C=O) groups is 1. The summed E-state index contributed by atoms with van der Waals surface area (Å²) < 4.78 is 0. The highest BCUT2D eigenvalue weighted by Gasteiger charge is 2.26. The molecule has 0 aromatic carbocycles. The zero-order chi connectivity index (χ0) is 9.97. The Morgan fingerprint density at radius 1 is 1.79 bits per heavy atom. The third-order valence-corrected chi connectivity index (χ3v) is 2.76. The number of carbonyl (C=O) groups excluding carboxylic acids is 1. The van der Waals surface area contributed by atoms with Gasteiger partial charge < -0.3 is 9.88 Å². The number of hydrogen-bond donors (Lipinski definition) is 1. The van der Waals surface area contributed by atoms with E-state index in [0.29, 0.717) is 0 Å². The monoisotopic (exact) mass is 193 g/mol. The molecule has 0 radical (unpaired) electrons. The van der Waals surface area contributed by atoms with Gasteiger partial charge >= 0.3 is 0 Å². The Bertz CT molecular complexity index is 321. The van der Waals surface area contributed by atoms with Crippen molar-refractivity contribution in [1.82, 2.24) is 14.9 Å². The number of imidazole rings is 1. The predicted octanol–water partition coefficient (Wildman–Crippen LogP) is 1.27. The zero-order valence-corrected chi connectivity index (χ0v) is 8.36. The first-order valence-electron chi connectivity index (χ1n) is 5.10. The van der Waals surface area contributed by atoms with E-state index in [9.17, 15) is 4.79 Å². The molecule has 4 heteroatoms. The minimum atomic E-state index is 0.174. The van der Waals surface area contributed by atoms with Crippen LogP contribution in [0.15, 0.2) is 6.20 Å². The molecule has 2 rings (SSSR count). The van der Waals surface area contributed by atoms with Gasteiger partial charge in [0.2, 0.25) is 6.41 Å². The molecule has 1 aromatic rings. The van der Waals surface area contributed by atoms with E-state index in [1.807, 2.05) is 11.1 Å². The fourth-order valence-corrected chi connectivity index (χ4v) is 1.94. The fraction of sp³-hybridized carbons (Fsp3) is 0.600. The molecule has 1 aliphatic rings. The number of rotatable bonds is 3. The lowest BCUT2D eigenvalue weighted by atomic mass is 10.2. The molecule has 2 heterocycles. The van der Waals surface area contributed by atoms with Crippen LogP contribution in [0.1, 0.15) is 37.3 Å². The highest BCUT2D eigenvalue weighted by Crippen LogP contribution is 2.28. The van der Waals surface area contributed by atoms with Gasteiger partial charge in [0.1, 0.15) is 5.82 Å². The van der Waals surface area contributed by atoms with Crippen LogP contribution in [-0.2, 0) is 11.2 Å². The molecule has 0 spiro atoms. The minimum Gasteiger partial charge on any atom is -0.347 e. The van der Waals surface area contributed by atoms with Gasteiger partial charge in [-0.05, 0) is 19.3 Å². The highest BCUT2D eigenvalue weighted by atomic mass is 16.1. The summed E-state index contributed by atoms with van der Waals surface area (Å²) in [7, 11) is 0. The van der Waals surface area contributed by atoms with Crippen molar-refractivity contribution in [2.45, 2.75) is 32.2 Å². The van der Waals surface area contributed by atoms with Crippen LogP contribution in [0.2, 0.25) is 0 Å². The molecule has 76 valence electrons. The summed E-state index contributed by atoms with van der Waals surface area (Å²) in [5.74, 6) is 0.937. The van der Waals surface area contributed by atoms with E-state index < -0.39 is 0 Å². The normalized spacial score (nSPS) is 21.5. The van der Waals surface area contributed by atoms with Crippen LogP contribution in [0.4, 0.5) is 0 Å². The topological polar surface area (TPSA) is 49.0 Å². The minimum absolute atomic E-state index is 0.174. The molecule has 4 nitrogen and oxygen atoms in total. The molecule has 14 heavy (non-hydrogen) atoms. The van der Waals surface area contributed by atoms with Gasteiger partial charge in [0.05, 0.1) is 11.7 Å². The molecule has 1 N–H and O–H groups in total. The van der Waals surface area contributed by atoms with E-state index in [-0.39, 0.29) is 6.04 Å². The summed E-state index contributed by atoms with van der Waals surface area (Å²) in [4.78, 5) is 20.2. The molecular weight excluding hydrogens is 178 g/mol. The van der Waals surface area contributed by atoms with Crippen molar-refractivity contribution in [3.63, 3.8) is 0 Å². The Labute approximate surface area is 83.3 Å². The number of nitrogens with zero attached hydrogens (tertiary/aromatic N) is 2. The summed E-state index contributed by atoms with van der Waals surface area (Å²) in [6, 6.07) is 0.174.